The number of carbonyl (C=O) groups excluding carboxylic acids is 1. The van der Waals surface area contributed by atoms with Crippen molar-refractivity contribution in [2.45, 2.75) is 15.8 Å². The molecule has 1 heterocycles. The van der Waals surface area contributed by atoms with Gasteiger partial charge in [0.2, 0.25) is 26.0 Å². The first kappa shape index (κ1) is 24.9. The van der Waals surface area contributed by atoms with Crippen LogP contribution in [0.3, 0.4) is 0 Å². The van der Waals surface area contributed by atoms with Crippen LogP contribution in [0.25, 0.3) is 0 Å². The minimum absolute atomic E-state index is 0.0264. The first-order valence-electron chi connectivity index (χ1n) is 10.8. The van der Waals surface area contributed by atoms with Crippen molar-refractivity contribution < 1.29 is 26.4 Å². The zero-order valence-corrected chi connectivity index (χ0v) is 20.6. The summed E-state index contributed by atoms with van der Waals surface area (Å²) in [6, 6.07) is 20.9. The number of sulfonamides is 2. The molecule has 1 fully saturated rings. The Morgan fingerprint density at radius 2 is 1.43 bits per heavy atom. The summed E-state index contributed by atoms with van der Waals surface area (Å²) in [5, 5.41) is 2.71. The van der Waals surface area contributed by atoms with E-state index in [0.29, 0.717) is 11.4 Å². The number of benzene rings is 3. The summed E-state index contributed by atoms with van der Waals surface area (Å²) in [5.74, 6) is -0.140. The number of ether oxygens (including phenoxy) is 1. The van der Waals surface area contributed by atoms with Gasteiger partial charge in [0.25, 0.3) is 0 Å². The van der Waals surface area contributed by atoms with Gasteiger partial charge >= 0.3 is 0 Å². The van der Waals surface area contributed by atoms with E-state index in [1.54, 1.807) is 60.7 Å². The smallest absolute Gasteiger partial charge is 0.244 e. The van der Waals surface area contributed by atoms with Crippen molar-refractivity contribution in [1.82, 2.24) is 8.61 Å². The average molecular weight is 516 g/mol. The normalized spacial score (nSPS) is 17.6. The molecule has 184 valence electrons. The van der Waals surface area contributed by atoms with Crippen LogP contribution in [0.1, 0.15) is 0 Å². The molecule has 0 spiro atoms. The summed E-state index contributed by atoms with van der Waals surface area (Å²) in [7, 11) is -6.51. The van der Waals surface area contributed by atoms with Crippen molar-refractivity contribution in [2.24, 2.45) is 0 Å². The number of methoxy groups -OCH3 is 1. The van der Waals surface area contributed by atoms with E-state index in [9.17, 15) is 21.6 Å². The summed E-state index contributed by atoms with van der Waals surface area (Å²) < 4.78 is 60.7. The van der Waals surface area contributed by atoms with Crippen LogP contribution in [-0.4, -0.2) is 64.1 Å². The third-order valence-electron chi connectivity index (χ3n) is 5.66. The number of nitrogens with one attached hydrogen (secondary N) is 1. The Bertz CT molecular complexity index is 1400. The topological polar surface area (TPSA) is 113 Å². The van der Waals surface area contributed by atoms with E-state index < -0.39 is 32.0 Å². The van der Waals surface area contributed by atoms with Crippen molar-refractivity contribution in [3.05, 3.63) is 84.9 Å². The summed E-state index contributed by atoms with van der Waals surface area (Å²) in [5.41, 5.74) is 0.398. The maximum absolute atomic E-state index is 13.4. The highest BCUT2D eigenvalue weighted by Gasteiger charge is 2.43. The molecule has 0 saturated carbocycles. The van der Waals surface area contributed by atoms with Gasteiger partial charge in [-0.1, -0.05) is 42.5 Å². The second-order valence-electron chi connectivity index (χ2n) is 7.84. The fourth-order valence-electron chi connectivity index (χ4n) is 3.86. The maximum Gasteiger partial charge on any atom is 0.244 e. The van der Waals surface area contributed by atoms with Crippen LogP contribution >= 0.6 is 0 Å². The molecule has 1 atom stereocenters. The molecule has 1 unspecified atom stereocenters. The zero-order chi connectivity index (χ0) is 25.1. The van der Waals surface area contributed by atoms with Gasteiger partial charge in [0.05, 0.1) is 16.9 Å². The van der Waals surface area contributed by atoms with Gasteiger partial charge < -0.3 is 10.1 Å². The minimum Gasteiger partial charge on any atom is -0.497 e. The van der Waals surface area contributed by atoms with E-state index in [1.165, 1.54) is 31.4 Å². The van der Waals surface area contributed by atoms with Gasteiger partial charge in [-0.15, -0.1) is 0 Å². The lowest BCUT2D eigenvalue weighted by molar-refractivity contribution is -0.120. The Kier molecular flexibility index (Phi) is 7.22. The van der Waals surface area contributed by atoms with Crippen LogP contribution in [0.2, 0.25) is 0 Å². The third-order valence-corrected chi connectivity index (χ3v) is 9.47. The summed E-state index contributed by atoms with van der Waals surface area (Å²) in [6.45, 7) is -0.606. The molecule has 3 aromatic carbocycles. The quantitative estimate of drug-likeness (QED) is 0.517. The van der Waals surface area contributed by atoms with Gasteiger partial charge in [-0.05, 0) is 36.4 Å². The number of amides is 1. The molecule has 0 aliphatic carbocycles. The lowest BCUT2D eigenvalue weighted by atomic mass is 10.2. The van der Waals surface area contributed by atoms with Gasteiger partial charge in [0, 0.05) is 31.4 Å². The fraction of sp³-hybridized carbons (Fsp3) is 0.208. The van der Waals surface area contributed by atoms with Crippen LogP contribution in [0.4, 0.5) is 5.69 Å². The second kappa shape index (κ2) is 10.2. The second-order valence-corrected chi connectivity index (χ2v) is 11.7. The molecule has 1 N–H and O–H groups in total. The molecule has 9 nitrogen and oxygen atoms in total. The predicted octanol–water partition coefficient (Wildman–Crippen LogP) is 2.40. The Morgan fingerprint density at radius 3 is 2.03 bits per heavy atom. The van der Waals surface area contributed by atoms with Gasteiger partial charge in [0.1, 0.15) is 11.8 Å². The molecule has 0 bridgehead atoms. The van der Waals surface area contributed by atoms with E-state index >= 15 is 0 Å². The largest absolute Gasteiger partial charge is 0.497 e. The molecule has 3 aromatic rings. The Balaban J connectivity index is 1.68. The van der Waals surface area contributed by atoms with Gasteiger partial charge in [-0.25, -0.2) is 16.8 Å². The Hall–Kier alpha value is -3.25. The van der Waals surface area contributed by atoms with E-state index in [4.69, 9.17) is 4.74 Å². The number of piperazine rings is 1. The van der Waals surface area contributed by atoms with Crippen LogP contribution in [-0.2, 0) is 24.8 Å². The molecular formula is C24H25N3O6S2. The lowest BCUT2D eigenvalue weighted by Gasteiger charge is -2.38. The molecule has 4 rings (SSSR count). The zero-order valence-electron chi connectivity index (χ0n) is 18.9. The van der Waals surface area contributed by atoms with Crippen molar-refractivity contribution in [3.8, 4) is 5.75 Å². The van der Waals surface area contributed by atoms with Gasteiger partial charge in [-0.2, -0.15) is 8.61 Å². The number of rotatable bonds is 7. The summed E-state index contributed by atoms with van der Waals surface area (Å²) in [4.78, 5) is 13.5. The Labute approximate surface area is 205 Å². The highest BCUT2D eigenvalue weighted by atomic mass is 32.2. The number of nitrogens with zero attached hydrogens (tertiary/aromatic N) is 2. The van der Waals surface area contributed by atoms with Gasteiger partial charge in [-0.3, -0.25) is 4.79 Å². The van der Waals surface area contributed by atoms with Crippen molar-refractivity contribution >= 4 is 31.6 Å². The highest BCUT2D eigenvalue weighted by Crippen LogP contribution is 2.26. The minimum atomic E-state index is -4.07. The SMILES string of the molecule is COc1cccc(NC(=O)C2CN(S(=O)(=O)c3ccccc3)CCN2S(=O)(=O)c2ccccc2)c1. The fourth-order valence-corrected chi connectivity index (χ4v) is 6.91. The lowest BCUT2D eigenvalue weighted by Crippen LogP contribution is -2.60. The van der Waals surface area contributed by atoms with Crippen molar-refractivity contribution in [3.63, 3.8) is 0 Å². The maximum atomic E-state index is 13.4. The predicted molar refractivity (Wildman–Crippen MR) is 131 cm³/mol. The van der Waals surface area contributed by atoms with Gasteiger partial charge in [0.15, 0.2) is 0 Å². The number of hydrogen-bond acceptors (Lipinski definition) is 6. The molecule has 0 radical (unpaired) electrons. The van der Waals surface area contributed by atoms with Crippen LogP contribution in [0, 0.1) is 0 Å². The van der Waals surface area contributed by atoms with Crippen molar-refractivity contribution in [2.75, 3.05) is 32.1 Å². The summed E-state index contributed by atoms with van der Waals surface area (Å²) in [6.07, 6.45) is 0. The standard InChI is InChI=1S/C24H25N3O6S2/c1-33-20-10-8-9-19(17-20)25-24(28)23-18-26(34(29,30)21-11-4-2-5-12-21)15-16-27(23)35(31,32)22-13-6-3-7-14-22/h2-14,17,23H,15-16,18H2,1H3,(H,25,28). The van der Waals surface area contributed by atoms with Crippen molar-refractivity contribution in [1.29, 1.82) is 0 Å². The summed E-state index contributed by atoms with van der Waals surface area (Å²) >= 11 is 0. The molecular weight excluding hydrogens is 490 g/mol. The van der Waals surface area contributed by atoms with Crippen LogP contribution < -0.4 is 10.1 Å². The number of hydrogen-bond donors (Lipinski definition) is 1. The van der Waals surface area contributed by atoms with E-state index in [-0.39, 0.29) is 29.4 Å². The first-order chi connectivity index (χ1) is 16.7. The van der Waals surface area contributed by atoms with Crippen LogP contribution in [0.15, 0.2) is 94.7 Å². The van der Waals surface area contributed by atoms with E-state index in [2.05, 4.69) is 5.32 Å². The molecule has 0 aromatic heterocycles. The third kappa shape index (κ3) is 5.22. The average Bonchev–Trinajstić information content (AvgIpc) is 2.89. The molecule has 1 amide bonds. The molecule has 1 saturated heterocycles. The molecule has 1 aliphatic heterocycles. The highest BCUT2D eigenvalue weighted by molar-refractivity contribution is 7.89. The molecule has 1 aliphatic rings. The Morgan fingerprint density at radius 1 is 0.829 bits per heavy atom. The van der Waals surface area contributed by atoms with Crippen LogP contribution in [0.5, 0.6) is 5.75 Å². The number of carbonyl (C=O) groups is 1. The van der Waals surface area contributed by atoms with E-state index in [1.807, 2.05) is 0 Å². The first-order valence-corrected chi connectivity index (χ1v) is 13.7. The number of anilines is 1. The molecule has 35 heavy (non-hydrogen) atoms. The van der Waals surface area contributed by atoms with E-state index in [0.717, 1.165) is 8.61 Å². The molecule has 11 heteroatoms. The monoisotopic (exact) mass is 515 g/mol.